The van der Waals surface area contributed by atoms with E-state index in [0.29, 0.717) is 35.5 Å². The Morgan fingerprint density at radius 1 is 0.537 bits per heavy atom. The van der Waals surface area contributed by atoms with Gasteiger partial charge in [0.05, 0.1) is 61.1 Å². The number of hydrogen-bond acceptors (Lipinski definition) is 22. The van der Waals surface area contributed by atoms with E-state index in [2.05, 4.69) is 45.8 Å². The Morgan fingerprint density at radius 2 is 0.791 bits per heavy atom. The summed E-state index contributed by atoms with van der Waals surface area (Å²) in [6.07, 6.45) is 4.74. The minimum atomic E-state index is -1.67. The van der Waals surface area contributed by atoms with Crippen molar-refractivity contribution < 1.29 is 98.6 Å². The van der Waals surface area contributed by atoms with Gasteiger partial charge < -0.3 is 59.4 Å². The highest BCUT2D eigenvalue weighted by molar-refractivity contribution is 8.26. The fourth-order valence-electron chi connectivity index (χ4n) is 4.16. The van der Waals surface area contributed by atoms with Gasteiger partial charge in [-0.05, 0) is 49.9 Å². The van der Waals surface area contributed by atoms with Gasteiger partial charge in [0, 0.05) is 41.0 Å². The van der Waals surface area contributed by atoms with Crippen molar-refractivity contribution in [3.63, 3.8) is 0 Å². The van der Waals surface area contributed by atoms with Crippen LogP contribution in [0.2, 0.25) is 0 Å². The molecule has 0 bridgehead atoms. The molecule has 0 aliphatic carbocycles. The summed E-state index contributed by atoms with van der Waals surface area (Å²) in [5.41, 5.74) is -1.14. The fraction of sp³-hybridized carbons (Fsp3) is 0.275. The summed E-state index contributed by atoms with van der Waals surface area (Å²) in [7, 11) is 7.36. The highest BCUT2D eigenvalue weighted by Gasteiger charge is 2.35. The third kappa shape index (κ3) is 22.4. The van der Waals surface area contributed by atoms with E-state index in [9.17, 15) is 54.0 Å². The summed E-state index contributed by atoms with van der Waals surface area (Å²) in [5.74, 6) is -7.08. The zero-order valence-electron chi connectivity index (χ0n) is 34.0. The van der Waals surface area contributed by atoms with Gasteiger partial charge in [0.2, 0.25) is 9.23 Å². The lowest BCUT2D eigenvalue weighted by Crippen LogP contribution is -2.20. The Kier molecular flexibility index (Phi) is 30.6. The Morgan fingerprint density at radius 3 is 1.04 bits per heavy atom. The molecule has 27 heteroatoms. The molecule has 370 valence electrons. The second-order valence-corrected chi connectivity index (χ2v) is 18.7. The summed E-state index contributed by atoms with van der Waals surface area (Å²) >= 11 is 3.52. The van der Waals surface area contributed by atoms with Crippen LogP contribution in [0.3, 0.4) is 0 Å². The van der Waals surface area contributed by atoms with Gasteiger partial charge >= 0.3 is 41.8 Å². The van der Waals surface area contributed by atoms with E-state index in [1.54, 1.807) is 0 Å². The van der Waals surface area contributed by atoms with E-state index in [-0.39, 0.29) is 95.3 Å². The Bertz CT molecular complexity index is 2110. The number of benzene rings is 2. The van der Waals surface area contributed by atoms with Crippen LogP contribution in [0.25, 0.3) is 0 Å². The molecule has 0 spiro atoms. The SMILES string of the molecule is C.C=CC(=O)OCCCCOC(=O)C(C(=O)OCCCCOC(=O)C=C)=C1Sc2c(O)ccc(O)c2S1.C=CC(=O)OCCO.O=C(O)C(C(=O)O)=C1Sc2c(O)ccc(O)c2S1.O=S(Cl)Cl.[2HH]. The molecule has 0 fully saturated rings. The highest BCUT2D eigenvalue weighted by Crippen LogP contribution is 2.59. The molecule has 0 aromatic heterocycles. The lowest BCUT2D eigenvalue weighted by atomic mass is 10.3. The number of esters is 5. The molecule has 0 amide bonds. The molecule has 67 heavy (non-hydrogen) atoms. The third-order valence-corrected chi connectivity index (χ3v) is 12.3. The second-order valence-electron chi connectivity index (χ2n) is 11.6. The summed E-state index contributed by atoms with van der Waals surface area (Å²) in [6.45, 7) is 9.82. The maximum atomic E-state index is 12.8. The van der Waals surface area contributed by atoms with Crippen LogP contribution >= 0.6 is 68.4 Å². The van der Waals surface area contributed by atoms with Gasteiger partial charge in [-0.25, -0.2) is 37.8 Å². The summed E-state index contributed by atoms with van der Waals surface area (Å²) < 4.78 is 33.8. The van der Waals surface area contributed by atoms with E-state index < -0.39 is 56.6 Å². The molecule has 20 nitrogen and oxygen atoms in total. The van der Waals surface area contributed by atoms with Gasteiger partial charge in [0.1, 0.15) is 29.6 Å². The zero-order valence-corrected chi connectivity index (χ0v) is 39.6. The van der Waals surface area contributed by atoms with Gasteiger partial charge in [0.25, 0.3) is 0 Å². The number of carbonyl (C=O) groups is 7. The van der Waals surface area contributed by atoms with Crippen molar-refractivity contribution >= 4 is 119 Å². The Labute approximate surface area is 412 Å². The number of aliphatic carboxylic acids is 2. The predicted octanol–water partition coefficient (Wildman–Crippen LogP) is 6.92. The molecule has 0 saturated carbocycles. The van der Waals surface area contributed by atoms with Crippen LogP contribution in [0.4, 0.5) is 0 Å². The molecule has 0 saturated heterocycles. The van der Waals surface area contributed by atoms with Gasteiger partial charge in [-0.2, -0.15) is 0 Å². The number of carbonyl (C=O) groups excluding carboxylic acids is 5. The summed E-state index contributed by atoms with van der Waals surface area (Å²) in [5, 5.41) is 65.1. The molecule has 2 aliphatic heterocycles. The maximum absolute atomic E-state index is 12.8. The quantitative estimate of drug-likeness (QED) is 0.0110. The number of ether oxygens (including phenoxy) is 5. The van der Waals surface area contributed by atoms with Crippen LogP contribution in [0.15, 0.2) is 101 Å². The van der Waals surface area contributed by atoms with Crippen molar-refractivity contribution in [3.8, 4) is 23.0 Å². The summed E-state index contributed by atoms with van der Waals surface area (Å²) in [6, 6.07) is 5.12. The van der Waals surface area contributed by atoms with Crippen molar-refractivity contribution in [2.24, 2.45) is 0 Å². The van der Waals surface area contributed by atoms with Crippen LogP contribution < -0.4 is 0 Å². The molecule has 4 rings (SSSR count). The number of phenolic OH excluding ortho intramolecular Hbond substituents is 4. The number of carboxylic acids is 2. The van der Waals surface area contributed by atoms with Gasteiger partial charge in [-0.15, -0.1) is 0 Å². The lowest BCUT2D eigenvalue weighted by molar-refractivity contribution is -0.148. The number of aliphatic hydroxyl groups is 1. The zero-order chi connectivity index (χ0) is 49.9. The number of unbranched alkanes of at least 4 members (excludes halogenated alkanes) is 2. The first-order chi connectivity index (χ1) is 31.2. The first-order valence-electron chi connectivity index (χ1n) is 18.1. The van der Waals surface area contributed by atoms with Crippen molar-refractivity contribution in [1.82, 2.24) is 0 Å². The third-order valence-electron chi connectivity index (χ3n) is 7.03. The molecule has 0 radical (unpaired) electrons. The molecular weight excluding hydrogens is 1030 g/mol. The van der Waals surface area contributed by atoms with E-state index in [1.165, 1.54) is 24.3 Å². The standard InChI is InChI=1S/C24H26O10S2.C10H6O6S2.C5H8O3.CH4.Cl2OS.H2/c1-3-17(27)31-11-5-7-13-33-22(29)19(23(30)34-14-8-6-12-32-18(28)4-2)24-35-20-15(25)9-10-16(26)21(20)36-24;11-3-1-2-4(12)7-6(3)17-10(18-7)5(8(13)14)9(15)16;1-2-5(7)8-4-3-6;;1-4(2)3;/h3-4,9-10,25-26H,1-2,5-8,11-14H2;1-2,11-12H,(H,13,14)(H,15,16);2,6H,1,3-4H2;1H4;;1H/i;;;;;1+1. The molecular formula is C40H46Cl2O20S5. The number of aliphatic hydroxyl groups excluding tert-OH is 1. The molecule has 0 unspecified atom stereocenters. The average molecular weight is 1080 g/mol. The van der Waals surface area contributed by atoms with Gasteiger partial charge in [-0.1, -0.05) is 74.2 Å². The highest BCUT2D eigenvalue weighted by atomic mass is 36.0. The number of fused-ring (bicyclic) bond motifs is 2. The monoisotopic (exact) mass is 1080 g/mol. The molecule has 0 atom stereocenters. The smallest absolute Gasteiger partial charge is 0.347 e. The molecule has 2 aromatic rings. The van der Waals surface area contributed by atoms with E-state index in [1.807, 2.05) is 0 Å². The van der Waals surface area contributed by atoms with Gasteiger partial charge in [-0.3, -0.25) is 0 Å². The maximum Gasteiger partial charge on any atom is 0.347 e. The first-order valence-corrected chi connectivity index (χ1v) is 24.1. The van der Waals surface area contributed by atoms with Crippen LogP contribution in [0.5, 0.6) is 23.0 Å². The Balaban J connectivity index is 0. The molecule has 2 heterocycles. The van der Waals surface area contributed by atoms with Crippen LogP contribution in [-0.2, 0) is 66.5 Å². The molecule has 2 aliphatic rings. The second kappa shape index (κ2) is 33.2. The van der Waals surface area contributed by atoms with Crippen molar-refractivity contribution in [2.75, 3.05) is 39.6 Å². The minimum absolute atomic E-state index is 0. The Hall–Kier alpha value is -5.28. The van der Waals surface area contributed by atoms with E-state index in [4.69, 9.17) is 38.5 Å². The number of carboxylic acid groups (broad SMARTS) is 2. The van der Waals surface area contributed by atoms with Crippen LogP contribution in [0.1, 0.15) is 34.5 Å². The van der Waals surface area contributed by atoms with Crippen molar-refractivity contribution in [1.29, 1.82) is 0 Å². The van der Waals surface area contributed by atoms with Crippen LogP contribution in [-0.4, -0.2) is 121 Å². The summed E-state index contributed by atoms with van der Waals surface area (Å²) in [4.78, 5) is 80.7. The van der Waals surface area contributed by atoms with Crippen LogP contribution in [0, 0.1) is 0 Å². The van der Waals surface area contributed by atoms with E-state index in [0.717, 1.165) is 65.3 Å². The van der Waals surface area contributed by atoms with E-state index >= 15 is 0 Å². The number of thioether (sulfide) groups is 4. The normalized spacial score (nSPS) is 11.3. The minimum Gasteiger partial charge on any atom is -0.507 e. The number of rotatable bonds is 19. The average Bonchev–Trinajstić information content (AvgIpc) is 3.92. The fourth-order valence-corrected chi connectivity index (χ4v) is 9.31. The van der Waals surface area contributed by atoms with Crippen molar-refractivity contribution in [2.45, 2.75) is 52.7 Å². The lowest BCUT2D eigenvalue weighted by Gasteiger charge is -2.11. The topological polar surface area (TPSA) is 324 Å². The largest absolute Gasteiger partial charge is 0.507 e. The molecule has 7 N–H and O–H groups in total. The van der Waals surface area contributed by atoms with Gasteiger partial charge in [0.15, 0.2) is 11.1 Å². The number of halogens is 2. The number of hydrogen-bond donors (Lipinski definition) is 7. The number of aromatic hydroxyl groups is 4. The first kappa shape index (κ1) is 61.7. The predicted molar refractivity (Wildman–Crippen MR) is 252 cm³/mol. The van der Waals surface area contributed by atoms with Crippen molar-refractivity contribution in [3.05, 3.63) is 81.9 Å². The number of phenols is 4. The molecule has 2 aromatic carbocycles.